The van der Waals surface area contributed by atoms with Gasteiger partial charge in [0.05, 0.1) is 13.2 Å². The van der Waals surface area contributed by atoms with Crippen LogP contribution < -0.4 is 0 Å². The lowest BCUT2D eigenvalue weighted by Gasteiger charge is -2.21. The van der Waals surface area contributed by atoms with Crippen molar-refractivity contribution in [1.82, 2.24) is 4.90 Å². The zero-order valence-corrected chi connectivity index (χ0v) is 19.7. The first-order chi connectivity index (χ1) is 14.4. The summed E-state index contributed by atoms with van der Waals surface area (Å²) in [4.78, 5) is 30.9. The van der Waals surface area contributed by atoms with E-state index in [-0.39, 0.29) is 32.2 Å². The summed E-state index contributed by atoms with van der Waals surface area (Å²) in [7, 11) is -4.53. The zero-order valence-electron chi connectivity index (χ0n) is 18.8. The number of hydrogen-bond acceptors (Lipinski definition) is 4. The van der Waals surface area contributed by atoms with Crippen molar-refractivity contribution in [2.75, 3.05) is 26.3 Å². The van der Waals surface area contributed by atoms with Gasteiger partial charge in [0.15, 0.2) is 0 Å². The molecule has 0 rings (SSSR count). The highest BCUT2D eigenvalue weighted by Gasteiger charge is 2.17. The Bertz CT molecular complexity index is 480. The number of rotatable bonds is 21. The number of allylic oxidation sites excluding steroid dienone is 2. The van der Waals surface area contributed by atoms with Crippen molar-refractivity contribution in [1.29, 1.82) is 0 Å². The van der Waals surface area contributed by atoms with Crippen molar-refractivity contribution >= 4 is 13.7 Å². The van der Waals surface area contributed by atoms with E-state index in [0.29, 0.717) is 6.42 Å². The molecule has 30 heavy (non-hydrogen) atoms. The van der Waals surface area contributed by atoms with Gasteiger partial charge in [-0.05, 0) is 32.1 Å². The Morgan fingerprint density at radius 3 is 1.93 bits per heavy atom. The van der Waals surface area contributed by atoms with Gasteiger partial charge in [-0.15, -0.1) is 0 Å². The summed E-state index contributed by atoms with van der Waals surface area (Å²) in [6.07, 6.45) is 20.5. The van der Waals surface area contributed by atoms with Crippen LogP contribution in [-0.2, 0) is 13.9 Å². The fraction of sp³-hybridized carbons (Fsp3) is 0.864. The second-order valence-electron chi connectivity index (χ2n) is 7.76. The minimum atomic E-state index is -4.53. The molecule has 0 aromatic rings. The van der Waals surface area contributed by atoms with E-state index in [1.54, 1.807) is 0 Å². The first kappa shape index (κ1) is 29.3. The van der Waals surface area contributed by atoms with Crippen LogP contribution in [0.3, 0.4) is 0 Å². The Hall–Kier alpha value is -0.720. The van der Waals surface area contributed by atoms with Gasteiger partial charge in [0, 0.05) is 19.5 Å². The second kappa shape index (κ2) is 20.2. The van der Waals surface area contributed by atoms with Gasteiger partial charge in [-0.2, -0.15) is 0 Å². The largest absolute Gasteiger partial charge is 0.469 e. The van der Waals surface area contributed by atoms with E-state index in [1.165, 1.54) is 56.3 Å². The molecule has 0 heterocycles. The van der Waals surface area contributed by atoms with Crippen LogP contribution in [0.4, 0.5) is 0 Å². The van der Waals surface area contributed by atoms with Crippen LogP contribution in [-0.4, -0.2) is 52.0 Å². The number of unbranched alkanes of at least 4 members (excludes halogenated alkanes) is 11. The number of carbonyl (C=O) groups excluding carboxylic acids is 1. The molecule has 0 radical (unpaired) electrons. The summed E-state index contributed by atoms with van der Waals surface area (Å²) in [5, 5.41) is 9.05. The third-order valence-corrected chi connectivity index (χ3v) is 5.51. The highest BCUT2D eigenvalue weighted by Crippen LogP contribution is 2.35. The first-order valence-corrected chi connectivity index (χ1v) is 13.2. The molecule has 178 valence electrons. The first-order valence-electron chi connectivity index (χ1n) is 11.6. The summed E-state index contributed by atoms with van der Waals surface area (Å²) >= 11 is 0. The number of hydrogen-bond donors (Lipinski definition) is 3. The molecule has 8 heteroatoms. The highest BCUT2D eigenvalue weighted by molar-refractivity contribution is 7.46. The number of phosphoric acid groups is 1. The zero-order chi connectivity index (χ0) is 22.5. The Balaban J connectivity index is 3.63. The van der Waals surface area contributed by atoms with Crippen LogP contribution in [0.1, 0.15) is 96.8 Å². The van der Waals surface area contributed by atoms with Crippen molar-refractivity contribution in [2.24, 2.45) is 0 Å². The summed E-state index contributed by atoms with van der Waals surface area (Å²) in [6, 6.07) is 0. The molecule has 0 aromatic heterocycles. The second-order valence-corrected chi connectivity index (χ2v) is 9.00. The SMILES string of the molecule is CCCCCCCCC=CCCCCCCCC(=O)N(CCO)CCOP(=O)(O)O. The number of aliphatic hydroxyl groups excluding tert-OH is 1. The van der Waals surface area contributed by atoms with E-state index in [9.17, 15) is 9.36 Å². The molecule has 3 N–H and O–H groups in total. The van der Waals surface area contributed by atoms with Gasteiger partial charge >= 0.3 is 7.82 Å². The van der Waals surface area contributed by atoms with Gasteiger partial charge in [-0.25, -0.2) is 4.57 Å². The molecule has 0 aromatic carbocycles. The van der Waals surface area contributed by atoms with Crippen LogP contribution in [0.2, 0.25) is 0 Å². The Morgan fingerprint density at radius 2 is 1.40 bits per heavy atom. The van der Waals surface area contributed by atoms with Gasteiger partial charge in [-0.1, -0.05) is 70.4 Å². The van der Waals surface area contributed by atoms with Crippen molar-refractivity contribution in [3.63, 3.8) is 0 Å². The van der Waals surface area contributed by atoms with Crippen molar-refractivity contribution in [2.45, 2.75) is 96.8 Å². The average Bonchev–Trinajstić information content (AvgIpc) is 2.69. The molecular formula is C22H44NO6P. The molecule has 1 amide bonds. The molecular weight excluding hydrogens is 405 g/mol. The van der Waals surface area contributed by atoms with Crippen molar-refractivity contribution < 1.29 is 28.8 Å². The van der Waals surface area contributed by atoms with Crippen molar-refractivity contribution in [3.8, 4) is 0 Å². The Labute approximate surface area is 183 Å². The summed E-state index contributed by atoms with van der Waals surface area (Å²) < 4.78 is 15.1. The lowest BCUT2D eigenvalue weighted by atomic mass is 10.1. The fourth-order valence-electron chi connectivity index (χ4n) is 3.26. The third-order valence-electron chi connectivity index (χ3n) is 5.00. The Kier molecular flexibility index (Phi) is 19.7. The fourth-order valence-corrected chi connectivity index (χ4v) is 3.58. The number of nitrogens with zero attached hydrogens (tertiary/aromatic N) is 1. The predicted molar refractivity (Wildman–Crippen MR) is 121 cm³/mol. The maximum atomic E-state index is 12.2. The molecule has 0 spiro atoms. The third kappa shape index (κ3) is 20.5. The van der Waals surface area contributed by atoms with Gasteiger partial charge in [0.25, 0.3) is 0 Å². The van der Waals surface area contributed by atoms with Crippen LogP contribution in [0.25, 0.3) is 0 Å². The lowest BCUT2D eigenvalue weighted by molar-refractivity contribution is -0.132. The minimum Gasteiger partial charge on any atom is -0.395 e. The van der Waals surface area contributed by atoms with Gasteiger partial charge in [-0.3, -0.25) is 9.32 Å². The monoisotopic (exact) mass is 449 g/mol. The molecule has 0 aliphatic heterocycles. The van der Waals surface area contributed by atoms with E-state index >= 15 is 0 Å². The summed E-state index contributed by atoms with van der Waals surface area (Å²) in [5.74, 6) is -0.115. The quantitative estimate of drug-likeness (QED) is 0.130. The van der Waals surface area contributed by atoms with Crippen LogP contribution in [0.15, 0.2) is 12.2 Å². The molecule has 7 nitrogen and oxygen atoms in total. The molecule has 0 saturated heterocycles. The molecule has 0 aliphatic carbocycles. The highest BCUT2D eigenvalue weighted by atomic mass is 31.2. The van der Waals surface area contributed by atoms with E-state index < -0.39 is 7.82 Å². The average molecular weight is 450 g/mol. The van der Waals surface area contributed by atoms with Crippen LogP contribution >= 0.6 is 7.82 Å². The number of phosphoric ester groups is 1. The maximum Gasteiger partial charge on any atom is 0.469 e. The predicted octanol–water partition coefficient (Wildman–Crippen LogP) is 4.95. The molecule has 0 fully saturated rings. The smallest absolute Gasteiger partial charge is 0.395 e. The molecule has 0 aliphatic rings. The topological polar surface area (TPSA) is 107 Å². The molecule has 0 atom stereocenters. The standard InChI is InChI=1S/C22H44NO6P/c1-2-3-4-5-6-7-8-9-10-11-12-13-14-15-16-17-22(25)23(18-20-24)19-21-29-30(26,27)28/h9-10,24H,2-8,11-21H2,1H3,(H2,26,27,28). The lowest BCUT2D eigenvalue weighted by Crippen LogP contribution is -2.36. The minimum absolute atomic E-state index is 0.0651. The van der Waals surface area contributed by atoms with Crippen LogP contribution in [0.5, 0.6) is 0 Å². The maximum absolute atomic E-state index is 12.2. The van der Waals surface area contributed by atoms with Crippen LogP contribution in [0, 0.1) is 0 Å². The van der Waals surface area contributed by atoms with E-state index in [4.69, 9.17) is 14.9 Å². The molecule has 0 bridgehead atoms. The molecule has 0 saturated carbocycles. The number of carbonyl (C=O) groups is 1. The number of amides is 1. The van der Waals surface area contributed by atoms with Gasteiger partial charge < -0.3 is 19.8 Å². The number of aliphatic hydroxyl groups is 1. The van der Waals surface area contributed by atoms with Gasteiger partial charge in [0.2, 0.25) is 5.91 Å². The van der Waals surface area contributed by atoms with E-state index in [0.717, 1.165) is 32.1 Å². The molecule has 0 unspecified atom stereocenters. The normalized spacial score (nSPS) is 12.0. The van der Waals surface area contributed by atoms with Crippen molar-refractivity contribution in [3.05, 3.63) is 12.2 Å². The van der Waals surface area contributed by atoms with Gasteiger partial charge in [0.1, 0.15) is 0 Å². The Morgan fingerprint density at radius 1 is 0.867 bits per heavy atom. The summed E-state index contributed by atoms with van der Waals surface area (Å²) in [5.41, 5.74) is 0. The van der Waals surface area contributed by atoms with E-state index in [1.807, 2.05) is 0 Å². The summed E-state index contributed by atoms with van der Waals surface area (Å²) in [6.45, 7) is 2.02. The van der Waals surface area contributed by atoms with E-state index in [2.05, 4.69) is 23.6 Å².